The number of hydrogen-bond donors (Lipinski definition) is 2. The number of phenolic OH excluding ortho intramolecular Hbond substituents is 1. The number of hydrogen-bond acceptors (Lipinski definition) is 3. The van der Waals surface area contributed by atoms with Crippen LogP contribution in [0.4, 0.5) is 5.69 Å². The summed E-state index contributed by atoms with van der Waals surface area (Å²) in [6.07, 6.45) is 2.87. The van der Waals surface area contributed by atoms with E-state index in [1.165, 1.54) is 18.3 Å². The second-order valence-electron chi connectivity index (χ2n) is 3.87. The molecule has 0 aromatic heterocycles. The molecule has 0 saturated heterocycles. The van der Waals surface area contributed by atoms with Crippen LogP contribution in [0, 0.1) is 0 Å². The number of halogens is 1. The van der Waals surface area contributed by atoms with Crippen LogP contribution in [0.3, 0.4) is 0 Å². The van der Waals surface area contributed by atoms with Crippen molar-refractivity contribution in [3.05, 3.63) is 71.4 Å². The normalized spacial score (nSPS) is 10.6. The van der Waals surface area contributed by atoms with Crippen molar-refractivity contribution in [1.29, 1.82) is 0 Å². The van der Waals surface area contributed by atoms with Gasteiger partial charge in [-0.2, -0.15) is 0 Å². The number of benzene rings is 2. The van der Waals surface area contributed by atoms with E-state index in [0.29, 0.717) is 16.3 Å². The number of ketones is 1. The van der Waals surface area contributed by atoms with Crippen molar-refractivity contribution in [2.24, 2.45) is 0 Å². The standard InChI is InChI=1S/C15H12ClNO2/c16-12-6-7-15(19)13(10-12)17-9-8-14(18)11-4-2-1-3-5-11/h1-10,17,19H/b9-8+. The quantitative estimate of drug-likeness (QED) is 0.505. The summed E-state index contributed by atoms with van der Waals surface area (Å²) in [5.41, 5.74) is 1.06. The van der Waals surface area contributed by atoms with Gasteiger partial charge in [0.2, 0.25) is 0 Å². The number of phenols is 1. The molecule has 3 nitrogen and oxygen atoms in total. The van der Waals surface area contributed by atoms with Gasteiger partial charge in [-0.15, -0.1) is 0 Å². The molecule has 0 aliphatic heterocycles. The Morgan fingerprint density at radius 2 is 1.89 bits per heavy atom. The third-order valence-corrected chi connectivity index (χ3v) is 2.73. The smallest absolute Gasteiger partial charge is 0.187 e. The Hall–Kier alpha value is -2.26. The summed E-state index contributed by atoms with van der Waals surface area (Å²) in [7, 11) is 0. The molecule has 96 valence electrons. The van der Waals surface area contributed by atoms with Crippen molar-refractivity contribution in [1.82, 2.24) is 0 Å². The Balaban J connectivity index is 2.04. The van der Waals surface area contributed by atoms with Crippen molar-refractivity contribution in [3.8, 4) is 5.75 Å². The van der Waals surface area contributed by atoms with E-state index in [2.05, 4.69) is 5.32 Å². The number of nitrogens with one attached hydrogen (secondary N) is 1. The van der Waals surface area contributed by atoms with E-state index >= 15 is 0 Å². The zero-order chi connectivity index (χ0) is 13.7. The molecule has 0 unspecified atom stereocenters. The maximum absolute atomic E-state index is 11.8. The molecule has 0 fully saturated rings. The summed E-state index contributed by atoms with van der Waals surface area (Å²) >= 11 is 5.81. The fraction of sp³-hybridized carbons (Fsp3) is 0. The highest BCUT2D eigenvalue weighted by Gasteiger charge is 2.01. The molecular formula is C15H12ClNO2. The third kappa shape index (κ3) is 3.60. The van der Waals surface area contributed by atoms with Crippen molar-refractivity contribution in [3.63, 3.8) is 0 Å². The second kappa shape index (κ2) is 6.07. The molecule has 0 aliphatic rings. The van der Waals surface area contributed by atoms with Crippen LogP contribution in [0.2, 0.25) is 5.02 Å². The van der Waals surface area contributed by atoms with Gasteiger partial charge in [-0.1, -0.05) is 41.9 Å². The maximum atomic E-state index is 11.8. The fourth-order valence-electron chi connectivity index (χ4n) is 1.53. The van der Waals surface area contributed by atoms with E-state index < -0.39 is 0 Å². The van der Waals surface area contributed by atoms with Crippen LogP contribution in [0.25, 0.3) is 0 Å². The summed E-state index contributed by atoms with van der Waals surface area (Å²) in [5, 5.41) is 12.9. The summed E-state index contributed by atoms with van der Waals surface area (Å²) in [6.45, 7) is 0. The largest absolute Gasteiger partial charge is 0.506 e. The minimum atomic E-state index is -0.116. The Kier molecular flexibility index (Phi) is 4.21. The lowest BCUT2D eigenvalue weighted by atomic mass is 10.1. The number of aromatic hydroxyl groups is 1. The fourth-order valence-corrected chi connectivity index (χ4v) is 1.70. The van der Waals surface area contributed by atoms with Gasteiger partial charge in [-0.3, -0.25) is 4.79 Å². The number of rotatable bonds is 4. The van der Waals surface area contributed by atoms with Gasteiger partial charge < -0.3 is 10.4 Å². The van der Waals surface area contributed by atoms with Gasteiger partial charge in [0, 0.05) is 22.9 Å². The van der Waals surface area contributed by atoms with E-state index in [0.717, 1.165) is 0 Å². The Morgan fingerprint density at radius 3 is 2.63 bits per heavy atom. The molecule has 19 heavy (non-hydrogen) atoms. The Labute approximate surface area is 116 Å². The van der Waals surface area contributed by atoms with Crippen LogP contribution in [0.1, 0.15) is 10.4 Å². The first-order valence-electron chi connectivity index (χ1n) is 5.68. The van der Waals surface area contributed by atoms with E-state index in [1.54, 1.807) is 36.4 Å². The predicted molar refractivity (Wildman–Crippen MR) is 76.7 cm³/mol. The minimum absolute atomic E-state index is 0.0706. The van der Waals surface area contributed by atoms with Crippen LogP contribution in [0.15, 0.2) is 60.8 Å². The van der Waals surface area contributed by atoms with Crippen molar-refractivity contribution in [2.45, 2.75) is 0 Å². The first kappa shape index (κ1) is 13.2. The molecule has 2 rings (SSSR count). The van der Waals surface area contributed by atoms with Crippen LogP contribution in [-0.4, -0.2) is 10.9 Å². The number of carbonyl (C=O) groups excluding carboxylic acids is 1. The maximum Gasteiger partial charge on any atom is 0.187 e. The van der Waals surface area contributed by atoms with Crippen molar-refractivity contribution >= 4 is 23.1 Å². The molecule has 0 saturated carbocycles. The summed E-state index contributed by atoms with van der Waals surface area (Å²) in [6, 6.07) is 13.6. The molecule has 0 amide bonds. The average Bonchev–Trinajstić information content (AvgIpc) is 2.43. The molecule has 0 aliphatic carbocycles. The molecule has 2 aromatic carbocycles. The van der Waals surface area contributed by atoms with E-state index in [4.69, 9.17) is 11.6 Å². The number of carbonyl (C=O) groups is 1. The van der Waals surface area contributed by atoms with Gasteiger partial charge in [0.25, 0.3) is 0 Å². The first-order valence-corrected chi connectivity index (χ1v) is 6.05. The van der Waals surface area contributed by atoms with E-state index in [1.807, 2.05) is 6.07 Å². The summed E-state index contributed by atoms with van der Waals surface area (Å²) in [4.78, 5) is 11.8. The molecule has 0 heterocycles. The van der Waals surface area contributed by atoms with Gasteiger partial charge in [-0.25, -0.2) is 0 Å². The van der Waals surface area contributed by atoms with Crippen LogP contribution in [-0.2, 0) is 0 Å². The third-order valence-electron chi connectivity index (χ3n) is 2.49. The molecule has 0 atom stereocenters. The van der Waals surface area contributed by atoms with Crippen LogP contribution >= 0.6 is 11.6 Å². The van der Waals surface area contributed by atoms with Gasteiger partial charge in [0.1, 0.15) is 5.75 Å². The number of allylic oxidation sites excluding steroid dienone is 1. The second-order valence-corrected chi connectivity index (χ2v) is 4.31. The molecule has 2 aromatic rings. The highest BCUT2D eigenvalue weighted by molar-refractivity contribution is 6.30. The van der Waals surface area contributed by atoms with Crippen LogP contribution < -0.4 is 5.32 Å². The van der Waals surface area contributed by atoms with Crippen LogP contribution in [0.5, 0.6) is 5.75 Å². The van der Waals surface area contributed by atoms with Gasteiger partial charge in [0.05, 0.1) is 5.69 Å². The molecule has 0 bridgehead atoms. The predicted octanol–water partition coefficient (Wildman–Crippen LogP) is 3.85. The van der Waals surface area contributed by atoms with E-state index in [-0.39, 0.29) is 11.5 Å². The van der Waals surface area contributed by atoms with Gasteiger partial charge in [0.15, 0.2) is 5.78 Å². The van der Waals surface area contributed by atoms with Crippen molar-refractivity contribution < 1.29 is 9.90 Å². The zero-order valence-electron chi connectivity index (χ0n) is 10.0. The lowest BCUT2D eigenvalue weighted by molar-refractivity contribution is 0.104. The molecular weight excluding hydrogens is 262 g/mol. The lowest BCUT2D eigenvalue weighted by Crippen LogP contribution is -1.95. The average molecular weight is 274 g/mol. The SMILES string of the molecule is O=C(/C=C/Nc1cc(Cl)ccc1O)c1ccccc1. The summed E-state index contributed by atoms with van der Waals surface area (Å²) in [5.74, 6) is -0.0455. The van der Waals surface area contributed by atoms with E-state index in [9.17, 15) is 9.90 Å². The lowest BCUT2D eigenvalue weighted by Gasteiger charge is -2.04. The van der Waals surface area contributed by atoms with Crippen molar-refractivity contribution in [2.75, 3.05) is 5.32 Å². The first-order chi connectivity index (χ1) is 9.16. The monoisotopic (exact) mass is 273 g/mol. The Bertz CT molecular complexity index is 609. The number of anilines is 1. The highest BCUT2D eigenvalue weighted by atomic mass is 35.5. The highest BCUT2D eigenvalue weighted by Crippen LogP contribution is 2.26. The minimum Gasteiger partial charge on any atom is -0.506 e. The molecule has 0 radical (unpaired) electrons. The molecule has 2 N–H and O–H groups in total. The zero-order valence-corrected chi connectivity index (χ0v) is 10.8. The van der Waals surface area contributed by atoms with Gasteiger partial charge >= 0.3 is 0 Å². The topological polar surface area (TPSA) is 49.3 Å². The molecule has 0 spiro atoms. The Morgan fingerprint density at radius 1 is 1.16 bits per heavy atom. The van der Waals surface area contributed by atoms with Gasteiger partial charge in [-0.05, 0) is 18.2 Å². The summed E-state index contributed by atoms with van der Waals surface area (Å²) < 4.78 is 0. The molecule has 4 heteroatoms.